The van der Waals surface area contributed by atoms with Crippen LogP contribution in [0.5, 0.6) is 0 Å². The molecule has 0 aliphatic carbocycles. The van der Waals surface area contributed by atoms with E-state index in [0.717, 1.165) is 0 Å². The van der Waals surface area contributed by atoms with Crippen molar-refractivity contribution in [3.8, 4) is 0 Å². The number of nitrogens with two attached hydrogens (primary N) is 1. The van der Waals surface area contributed by atoms with Crippen LogP contribution in [0.15, 0.2) is 0 Å². The number of aliphatic hydroxyl groups is 4. The number of aliphatic hydroxyl groups excluding tert-OH is 4. The molecule has 0 spiro atoms. The molecule has 1 heterocycles. The van der Waals surface area contributed by atoms with Crippen LogP contribution in [0.3, 0.4) is 0 Å². The van der Waals surface area contributed by atoms with Gasteiger partial charge in [0.1, 0.15) is 18.3 Å². The zero-order valence-electron chi connectivity index (χ0n) is 6.37. The van der Waals surface area contributed by atoms with Crippen molar-refractivity contribution in [2.75, 3.05) is 6.61 Å². The highest BCUT2D eigenvalue weighted by molar-refractivity contribution is 4.90. The van der Waals surface area contributed by atoms with Gasteiger partial charge in [0.15, 0.2) is 6.29 Å². The van der Waals surface area contributed by atoms with Crippen LogP contribution in [0.4, 0.5) is 0 Å². The van der Waals surface area contributed by atoms with Gasteiger partial charge in [0.25, 0.3) is 0 Å². The fraction of sp³-hybridized carbons (Fsp3) is 1.00. The fourth-order valence-corrected chi connectivity index (χ4v) is 1.12. The van der Waals surface area contributed by atoms with Crippen LogP contribution in [-0.2, 0) is 4.74 Å². The maximum Gasteiger partial charge on any atom is 0.173 e. The summed E-state index contributed by atoms with van der Waals surface area (Å²) < 4.78 is 4.70. The van der Waals surface area contributed by atoms with E-state index in [0.29, 0.717) is 0 Å². The topological polar surface area (TPSA) is 116 Å². The van der Waals surface area contributed by atoms with Gasteiger partial charge in [0.05, 0.1) is 12.6 Å². The molecular weight excluding hydrogens is 168 g/mol. The summed E-state index contributed by atoms with van der Waals surface area (Å²) in [6.07, 6.45) is -4.85. The molecule has 12 heavy (non-hydrogen) atoms. The SMILES string of the molecule is [15NH2][C@@H]1[C@@H](O)[C@H](O)[C@@H](CO)O[13C@@H]1O. The van der Waals surface area contributed by atoms with Crippen molar-refractivity contribution in [1.29, 1.82) is 0 Å². The predicted octanol–water partition coefficient (Wildman–Crippen LogP) is -3.26. The van der Waals surface area contributed by atoms with Crippen LogP contribution in [0.1, 0.15) is 0 Å². The number of ether oxygens (including phenoxy) is 1. The fourth-order valence-electron chi connectivity index (χ4n) is 1.12. The Balaban J connectivity index is 2.63. The molecule has 0 aromatic heterocycles. The number of hydrogen-bond donors (Lipinski definition) is 5. The second kappa shape index (κ2) is 3.65. The predicted molar refractivity (Wildman–Crippen MR) is 38.0 cm³/mol. The summed E-state index contributed by atoms with van der Waals surface area (Å²) in [5, 5.41) is 36.1. The highest BCUT2D eigenvalue weighted by atomic mass is 16.7. The number of hydrogen-bond acceptors (Lipinski definition) is 6. The highest BCUT2D eigenvalue weighted by Gasteiger charge is 2.41. The molecule has 0 radical (unpaired) electrons. The van der Waals surface area contributed by atoms with Gasteiger partial charge in [-0.05, 0) is 0 Å². The second-order valence-electron chi connectivity index (χ2n) is 2.81. The van der Waals surface area contributed by atoms with Gasteiger partial charge >= 0.3 is 0 Å². The van der Waals surface area contributed by atoms with Crippen molar-refractivity contribution in [3.63, 3.8) is 0 Å². The van der Waals surface area contributed by atoms with Gasteiger partial charge in [-0.3, -0.25) is 0 Å². The molecule has 1 fully saturated rings. The van der Waals surface area contributed by atoms with Crippen molar-refractivity contribution in [2.24, 2.45) is 5.73 Å². The van der Waals surface area contributed by atoms with E-state index in [-0.39, 0.29) is 0 Å². The summed E-state index contributed by atoms with van der Waals surface area (Å²) >= 11 is 0. The van der Waals surface area contributed by atoms with Gasteiger partial charge in [-0.1, -0.05) is 0 Å². The molecule has 6 N–H and O–H groups in total. The third-order valence-electron chi connectivity index (χ3n) is 1.95. The zero-order valence-corrected chi connectivity index (χ0v) is 6.37. The van der Waals surface area contributed by atoms with Gasteiger partial charge < -0.3 is 30.9 Å². The molecule has 1 aliphatic heterocycles. The van der Waals surface area contributed by atoms with E-state index in [2.05, 4.69) is 0 Å². The molecule has 5 atom stereocenters. The average Bonchev–Trinajstić information content (AvgIpc) is 2.08. The van der Waals surface area contributed by atoms with Crippen LogP contribution in [0.2, 0.25) is 0 Å². The van der Waals surface area contributed by atoms with E-state index in [4.69, 9.17) is 20.7 Å². The lowest BCUT2D eigenvalue weighted by atomic mass is 10.0. The Kier molecular flexibility index (Phi) is 2.99. The first-order chi connectivity index (χ1) is 5.57. The van der Waals surface area contributed by atoms with Crippen LogP contribution in [-0.4, -0.2) is 57.7 Å². The summed E-state index contributed by atoms with van der Waals surface area (Å²) in [5.41, 5.74) is 5.26. The van der Waals surface area contributed by atoms with Gasteiger partial charge in [-0.25, -0.2) is 0 Å². The Morgan fingerprint density at radius 1 is 1.17 bits per heavy atom. The first kappa shape index (κ1) is 9.85. The quantitative estimate of drug-likeness (QED) is 0.214. The van der Waals surface area contributed by atoms with E-state index < -0.39 is 37.3 Å². The molecule has 1 aliphatic rings. The van der Waals surface area contributed by atoms with Crippen LogP contribution in [0, 0.1) is 0 Å². The minimum absolute atomic E-state index is 0.470. The Labute approximate surface area is 69.2 Å². The largest absolute Gasteiger partial charge is 0.394 e. The molecule has 1 rings (SSSR count). The maximum absolute atomic E-state index is 9.20. The summed E-state index contributed by atoms with van der Waals surface area (Å²) in [6.45, 7) is -0.470. The van der Waals surface area contributed by atoms with Crippen LogP contribution >= 0.6 is 0 Å². The minimum atomic E-state index is -1.35. The van der Waals surface area contributed by atoms with Crippen molar-refractivity contribution in [3.05, 3.63) is 0 Å². The van der Waals surface area contributed by atoms with Gasteiger partial charge in [0.2, 0.25) is 0 Å². The zero-order chi connectivity index (χ0) is 9.30. The van der Waals surface area contributed by atoms with Crippen molar-refractivity contribution >= 4 is 0 Å². The Morgan fingerprint density at radius 2 is 1.75 bits per heavy atom. The molecule has 0 aromatic carbocycles. The standard InChI is InChI=1S/C6H13NO5/c7-3-5(10)4(9)2(1-8)12-6(3)11/h2-6,8-11H,1,7H2/t2-,3-,4-,5-,6+/m1/s1/i6+1,7+1. The Bertz CT molecular complexity index is 150. The maximum atomic E-state index is 9.20. The van der Waals surface area contributed by atoms with Gasteiger partial charge in [0, 0.05) is 0 Å². The number of rotatable bonds is 1. The summed E-state index contributed by atoms with van der Waals surface area (Å²) in [6, 6.07) is -1.04. The molecule has 72 valence electrons. The summed E-state index contributed by atoms with van der Waals surface area (Å²) in [5.74, 6) is 0. The van der Waals surface area contributed by atoms with Crippen LogP contribution < -0.4 is 5.73 Å². The first-order valence-corrected chi connectivity index (χ1v) is 3.64. The molecule has 0 unspecified atom stereocenters. The van der Waals surface area contributed by atoms with Gasteiger partial charge in [-0.15, -0.1) is 0 Å². The summed E-state index contributed by atoms with van der Waals surface area (Å²) in [7, 11) is 0. The first-order valence-electron chi connectivity index (χ1n) is 3.64. The van der Waals surface area contributed by atoms with Crippen molar-refractivity contribution in [1.82, 2.24) is 0 Å². The Hall–Kier alpha value is -0.240. The third kappa shape index (κ3) is 1.58. The molecule has 1 saturated heterocycles. The van der Waals surface area contributed by atoms with E-state index >= 15 is 0 Å². The highest BCUT2D eigenvalue weighted by Crippen LogP contribution is 2.17. The molecule has 6 nitrogen and oxygen atoms in total. The Morgan fingerprint density at radius 3 is 2.25 bits per heavy atom. The lowest BCUT2D eigenvalue weighted by Gasteiger charge is -2.38. The second-order valence-corrected chi connectivity index (χ2v) is 2.81. The normalized spacial score (nSPS) is 49.2. The lowest BCUT2D eigenvalue weighted by Crippen LogP contribution is -2.61. The third-order valence-corrected chi connectivity index (χ3v) is 1.95. The molecule has 6 heteroatoms. The molecule has 0 saturated carbocycles. The molecule has 0 aromatic rings. The summed E-state index contributed by atoms with van der Waals surface area (Å²) in [4.78, 5) is 0. The van der Waals surface area contributed by atoms with E-state index in [1.807, 2.05) is 0 Å². The molecular formula is C6H13NO5. The van der Waals surface area contributed by atoms with E-state index in [9.17, 15) is 10.2 Å². The molecule has 0 bridgehead atoms. The minimum Gasteiger partial charge on any atom is -0.394 e. The monoisotopic (exact) mass is 181 g/mol. The average molecular weight is 181 g/mol. The smallest absolute Gasteiger partial charge is 0.173 e. The lowest BCUT2D eigenvalue weighted by molar-refractivity contribution is -0.248. The van der Waals surface area contributed by atoms with Crippen molar-refractivity contribution < 1.29 is 25.2 Å². The molecule has 0 amide bonds. The van der Waals surface area contributed by atoms with E-state index in [1.54, 1.807) is 0 Å². The van der Waals surface area contributed by atoms with Crippen LogP contribution in [0.25, 0.3) is 0 Å². The van der Waals surface area contributed by atoms with E-state index in [1.165, 1.54) is 0 Å². The van der Waals surface area contributed by atoms with Crippen molar-refractivity contribution in [2.45, 2.75) is 30.6 Å². The van der Waals surface area contributed by atoms with Gasteiger partial charge in [-0.2, -0.15) is 0 Å².